The van der Waals surface area contributed by atoms with Gasteiger partial charge in [-0.2, -0.15) is 0 Å². The van der Waals surface area contributed by atoms with Crippen LogP contribution in [0.2, 0.25) is 0 Å². The van der Waals surface area contributed by atoms with E-state index in [-0.39, 0.29) is 5.97 Å². The topological polar surface area (TPSA) is 55.6 Å². The lowest BCUT2D eigenvalue weighted by Crippen LogP contribution is -2.27. The molecule has 2 aromatic rings. The fourth-order valence-electron chi connectivity index (χ4n) is 2.40. The molecule has 2 N–H and O–H groups in total. The van der Waals surface area contributed by atoms with Crippen molar-refractivity contribution >= 4 is 22.4 Å². The zero-order valence-corrected chi connectivity index (χ0v) is 12.6. The molecular weight excluding hydrogens is 264 g/mol. The molecule has 0 saturated heterocycles. The third kappa shape index (κ3) is 3.52. The molecule has 0 atom stereocenters. The van der Waals surface area contributed by atoms with Gasteiger partial charge in [0, 0.05) is 17.6 Å². The number of carbonyl (C=O) groups excluding carboxylic acids is 1. The molecule has 21 heavy (non-hydrogen) atoms. The third-order valence-electron chi connectivity index (χ3n) is 3.71. The first-order chi connectivity index (χ1) is 10.2. The van der Waals surface area contributed by atoms with Gasteiger partial charge in [0.15, 0.2) is 0 Å². The highest BCUT2D eigenvalue weighted by atomic mass is 16.5. The fourth-order valence-corrected chi connectivity index (χ4v) is 2.40. The maximum absolute atomic E-state index is 12.2. The zero-order chi connectivity index (χ0) is 15.2. The summed E-state index contributed by atoms with van der Waals surface area (Å²) in [6.07, 6.45) is 0. The second-order valence-corrected chi connectivity index (χ2v) is 4.91. The summed E-state index contributed by atoms with van der Waals surface area (Å²) in [5, 5.41) is 1.72. The Morgan fingerprint density at radius 3 is 2.48 bits per heavy atom. The Labute approximate surface area is 125 Å². The van der Waals surface area contributed by atoms with Crippen molar-refractivity contribution in [3.05, 3.63) is 42.0 Å². The van der Waals surface area contributed by atoms with Gasteiger partial charge in [0.05, 0.1) is 5.56 Å². The molecule has 0 aromatic heterocycles. The van der Waals surface area contributed by atoms with Crippen LogP contribution in [0.25, 0.3) is 10.8 Å². The van der Waals surface area contributed by atoms with E-state index >= 15 is 0 Å². The maximum atomic E-state index is 12.2. The number of esters is 1. The number of benzene rings is 2. The van der Waals surface area contributed by atoms with Gasteiger partial charge in [0.2, 0.25) is 0 Å². The van der Waals surface area contributed by atoms with Crippen molar-refractivity contribution in [1.82, 2.24) is 4.90 Å². The number of hydrogen-bond acceptors (Lipinski definition) is 4. The van der Waals surface area contributed by atoms with Crippen LogP contribution in [0.15, 0.2) is 36.4 Å². The number of nitrogens with zero attached hydrogens (tertiary/aromatic N) is 1. The number of rotatable bonds is 6. The fraction of sp³-hybridized carbons (Fsp3) is 0.353. The highest BCUT2D eigenvalue weighted by molar-refractivity contribution is 6.07. The van der Waals surface area contributed by atoms with Crippen LogP contribution in [0, 0.1) is 0 Å². The molecule has 112 valence electrons. The van der Waals surface area contributed by atoms with Crippen LogP contribution in [0.1, 0.15) is 24.2 Å². The van der Waals surface area contributed by atoms with Gasteiger partial charge in [-0.15, -0.1) is 0 Å². The van der Waals surface area contributed by atoms with Crippen molar-refractivity contribution in [2.45, 2.75) is 13.8 Å². The minimum Gasteiger partial charge on any atom is -0.461 e. The van der Waals surface area contributed by atoms with Crippen LogP contribution < -0.4 is 5.73 Å². The minimum absolute atomic E-state index is 0.293. The molecule has 0 fully saturated rings. The van der Waals surface area contributed by atoms with Crippen molar-refractivity contribution < 1.29 is 9.53 Å². The number of hydrogen-bond donors (Lipinski definition) is 1. The van der Waals surface area contributed by atoms with Gasteiger partial charge in [-0.05, 0) is 30.6 Å². The van der Waals surface area contributed by atoms with E-state index in [0.29, 0.717) is 17.9 Å². The SMILES string of the molecule is CCN(CC)CCOC(=O)c1cccc2c(N)cccc12. The molecule has 0 unspecified atom stereocenters. The monoisotopic (exact) mass is 286 g/mol. The highest BCUT2D eigenvalue weighted by Crippen LogP contribution is 2.24. The van der Waals surface area contributed by atoms with E-state index < -0.39 is 0 Å². The first-order valence-corrected chi connectivity index (χ1v) is 7.34. The van der Waals surface area contributed by atoms with Gasteiger partial charge in [0.1, 0.15) is 6.61 Å². The maximum Gasteiger partial charge on any atom is 0.338 e. The summed E-state index contributed by atoms with van der Waals surface area (Å²) in [6.45, 7) is 7.26. The molecule has 0 aliphatic heterocycles. The number of likely N-dealkylation sites (N-methyl/N-ethyl adjacent to an activating group) is 1. The molecule has 0 aliphatic rings. The van der Waals surface area contributed by atoms with Crippen molar-refractivity contribution in [3.8, 4) is 0 Å². The molecule has 0 spiro atoms. The Balaban J connectivity index is 2.11. The third-order valence-corrected chi connectivity index (χ3v) is 3.71. The number of fused-ring (bicyclic) bond motifs is 1. The second kappa shape index (κ2) is 7.09. The van der Waals surface area contributed by atoms with Crippen LogP contribution in [-0.4, -0.2) is 37.1 Å². The average Bonchev–Trinajstić information content (AvgIpc) is 2.51. The largest absolute Gasteiger partial charge is 0.461 e. The normalized spacial score (nSPS) is 11.0. The quantitative estimate of drug-likeness (QED) is 0.655. The number of nitrogens with two attached hydrogens (primary N) is 1. The smallest absolute Gasteiger partial charge is 0.338 e. The Morgan fingerprint density at radius 1 is 1.10 bits per heavy atom. The van der Waals surface area contributed by atoms with Crippen LogP contribution in [-0.2, 0) is 4.74 Å². The average molecular weight is 286 g/mol. The summed E-state index contributed by atoms with van der Waals surface area (Å²) in [5.74, 6) is -0.293. The number of nitrogen functional groups attached to an aromatic ring is 1. The predicted octanol–water partition coefficient (Wildman–Crippen LogP) is 2.92. The zero-order valence-electron chi connectivity index (χ0n) is 12.6. The summed E-state index contributed by atoms with van der Waals surface area (Å²) >= 11 is 0. The van der Waals surface area contributed by atoms with Crippen molar-refractivity contribution in [1.29, 1.82) is 0 Å². The molecule has 0 radical (unpaired) electrons. The lowest BCUT2D eigenvalue weighted by molar-refractivity contribution is 0.0469. The van der Waals surface area contributed by atoms with E-state index in [1.807, 2.05) is 30.3 Å². The van der Waals surface area contributed by atoms with E-state index in [0.717, 1.165) is 30.4 Å². The minimum atomic E-state index is -0.293. The molecular formula is C17H22N2O2. The lowest BCUT2D eigenvalue weighted by atomic mass is 10.0. The summed E-state index contributed by atoms with van der Waals surface area (Å²) in [7, 11) is 0. The molecule has 2 aromatic carbocycles. The summed E-state index contributed by atoms with van der Waals surface area (Å²) in [4.78, 5) is 14.5. The van der Waals surface area contributed by atoms with E-state index in [2.05, 4.69) is 18.7 Å². The van der Waals surface area contributed by atoms with Gasteiger partial charge in [0.25, 0.3) is 0 Å². The van der Waals surface area contributed by atoms with Gasteiger partial charge >= 0.3 is 5.97 Å². The van der Waals surface area contributed by atoms with Crippen molar-refractivity contribution in [2.75, 3.05) is 32.0 Å². The second-order valence-electron chi connectivity index (χ2n) is 4.91. The van der Waals surface area contributed by atoms with Gasteiger partial charge < -0.3 is 15.4 Å². The lowest BCUT2D eigenvalue weighted by Gasteiger charge is -2.17. The van der Waals surface area contributed by atoms with E-state index in [9.17, 15) is 4.79 Å². The van der Waals surface area contributed by atoms with Crippen LogP contribution in [0.3, 0.4) is 0 Å². The molecule has 0 saturated carbocycles. The Hall–Kier alpha value is -2.07. The van der Waals surface area contributed by atoms with E-state index in [4.69, 9.17) is 10.5 Å². The van der Waals surface area contributed by atoms with Gasteiger partial charge in [-0.25, -0.2) is 4.79 Å². The van der Waals surface area contributed by atoms with Crippen LogP contribution in [0.4, 0.5) is 5.69 Å². The Morgan fingerprint density at radius 2 is 1.76 bits per heavy atom. The van der Waals surface area contributed by atoms with E-state index in [1.54, 1.807) is 6.07 Å². The first kappa shape index (κ1) is 15.3. The number of carbonyl (C=O) groups is 1. The van der Waals surface area contributed by atoms with Crippen molar-refractivity contribution in [2.24, 2.45) is 0 Å². The first-order valence-electron chi connectivity index (χ1n) is 7.34. The molecule has 2 rings (SSSR count). The molecule has 0 aliphatic carbocycles. The standard InChI is InChI=1S/C17H22N2O2/c1-3-19(4-2)11-12-21-17(20)15-9-5-8-14-13(15)7-6-10-16(14)18/h5-10H,3-4,11-12,18H2,1-2H3. The molecule has 0 amide bonds. The summed E-state index contributed by atoms with van der Waals surface area (Å²) in [5.41, 5.74) is 7.18. The molecule has 0 bridgehead atoms. The predicted molar refractivity (Wildman–Crippen MR) is 86.4 cm³/mol. The number of ether oxygens (including phenoxy) is 1. The molecule has 4 heteroatoms. The molecule has 4 nitrogen and oxygen atoms in total. The Kier molecular flexibility index (Phi) is 5.17. The van der Waals surface area contributed by atoms with Gasteiger partial charge in [-0.3, -0.25) is 0 Å². The van der Waals surface area contributed by atoms with Crippen molar-refractivity contribution in [3.63, 3.8) is 0 Å². The number of anilines is 1. The van der Waals surface area contributed by atoms with Crippen LogP contribution in [0.5, 0.6) is 0 Å². The van der Waals surface area contributed by atoms with E-state index in [1.165, 1.54) is 0 Å². The summed E-state index contributed by atoms with van der Waals surface area (Å²) in [6, 6.07) is 11.1. The Bertz CT molecular complexity index is 621. The molecule has 0 heterocycles. The summed E-state index contributed by atoms with van der Waals surface area (Å²) < 4.78 is 5.39. The van der Waals surface area contributed by atoms with Gasteiger partial charge in [-0.1, -0.05) is 38.1 Å². The van der Waals surface area contributed by atoms with Crippen LogP contribution >= 0.6 is 0 Å². The highest BCUT2D eigenvalue weighted by Gasteiger charge is 2.12.